The molecule has 0 N–H and O–H groups in total. The van der Waals surface area contributed by atoms with E-state index in [4.69, 9.17) is 0 Å². The van der Waals surface area contributed by atoms with E-state index in [0.717, 1.165) is 25.2 Å². The molecule has 0 unspecified atom stereocenters. The van der Waals surface area contributed by atoms with E-state index in [1.165, 1.54) is 16.3 Å². The molecule has 0 bridgehead atoms. The highest BCUT2D eigenvalue weighted by molar-refractivity contribution is 5.81. The largest absolute Gasteiger partial charge is 0.331 e. The fourth-order valence-corrected chi connectivity index (χ4v) is 2.36. The van der Waals surface area contributed by atoms with Crippen LogP contribution in [0.5, 0.6) is 0 Å². The summed E-state index contributed by atoms with van der Waals surface area (Å²) in [5, 5.41) is 2.43. The number of hydrogen-bond acceptors (Lipinski definition) is 2. The first-order valence-electron chi connectivity index (χ1n) is 6.69. The van der Waals surface area contributed by atoms with Crippen LogP contribution in [0.1, 0.15) is 24.7 Å². The van der Waals surface area contributed by atoms with Crippen LogP contribution >= 0.6 is 0 Å². The van der Waals surface area contributed by atoms with Crippen molar-refractivity contribution in [3.8, 4) is 0 Å². The molecule has 2 aromatic heterocycles. The number of aryl methyl sites for hydroxylation is 1. The summed E-state index contributed by atoms with van der Waals surface area (Å²) in [5.41, 5.74) is 1.30. The third-order valence-corrected chi connectivity index (χ3v) is 3.33. The molecular weight excluding hydrogens is 234 g/mol. The van der Waals surface area contributed by atoms with Crippen LogP contribution in [0.4, 0.5) is 0 Å². The Balaban J connectivity index is 1.90. The minimum atomic E-state index is 0.883. The number of imidazole rings is 1. The molecule has 0 amide bonds. The Kier molecular flexibility index (Phi) is 3.27. The third-order valence-electron chi connectivity index (χ3n) is 3.33. The maximum absolute atomic E-state index is 4.42. The Bertz CT molecular complexity index is 685. The number of hydrogen-bond donors (Lipinski definition) is 0. The molecule has 3 heteroatoms. The van der Waals surface area contributed by atoms with E-state index in [1.54, 1.807) is 0 Å². The standard InChI is InChI=1S/C16H17N3/c1-2-3-16-18-8-9-19(16)12-13-4-5-15-11-17-7-6-14(15)10-13/h4-11H,2-3,12H2,1H3. The smallest absolute Gasteiger partial charge is 0.108 e. The summed E-state index contributed by atoms with van der Waals surface area (Å²) in [6.07, 6.45) is 9.84. The summed E-state index contributed by atoms with van der Waals surface area (Å²) in [6.45, 7) is 3.07. The molecule has 3 rings (SSSR count). The summed E-state index contributed by atoms with van der Waals surface area (Å²) in [7, 11) is 0. The Hall–Kier alpha value is -2.16. The summed E-state index contributed by atoms with van der Waals surface area (Å²) < 4.78 is 2.23. The first-order valence-corrected chi connectivity index (χ1v) is 6.69. The first-order chi connectivity index (χ1) is 9.36. The molecule has 3 aromatic rings. The second kappa shape index (κ2) is 5.22. The van der Waals surface area contributed by atoms with Crippen molar-refractivity contribution in [2.45, 2.75) is 26.3 Å². The minimum Gasteiger partial charge on any atom is -0.331 e. The average molecular weight is 251 g/mol. The van der Waals surface area contributed by atoms with Crippen LogP contribution in [0.3, 0.4) is 0 Å². The molecule has 0 spiro atoms. The maximum atomic E-state index is 4.42. The molecule has 19 heavy (non-hydrogen) atoms. The van der Waals surface area contributed by atoms with Gasteiger partial charge in [0.25, 0.3) is 0 Å². The van der Waals surface area contributed by atoms with E-state index in [9.17, 15) is 0 Å². The summed E-state index contributed by atoms with van der Waals surface area (Å²) in [5.74, 6) is 1.16. The van der Waals surface area contributed by atoms with Gasteiger partial charge in [-0.05, 0) is 29.5 Å². The molecule has 0 aliphatic heterocycles. The lowest BCUT2D eigenvalue weighted by molar-refractivity contribution is 0.705. The molecule has 1 aromatic carbocycles. The summed E-state index contributed by atoms with van der Waals surface area (Å²) >= 11 is 0. The first kappa shape index (κ1) is 11.9. The number of aromatic nitrogens is 3. The van der Waals surface area contributed by atoms with E-state index in [2.05, 4.69) is 51.9 Å². The number of benzene rings is 1. The molecule has 0 atom stereocenters. The predicted molar refractivity (Wildman–Crippen MR) is 77.1 cm³/mol. The normalized spacial score (nSPS) is 11.0. The average Bonchev–Trinajstić information content (AvgIpc) is 2.86. The van der Waals surface area contributed by atoms with Crippen molar-refractivity contribution >= 4 is 10.8 Å². The third kappa shape index (κ3) is 2.50. The lowest BCUT2D eigenvalue weighted by Crippen LogP contribution is -2.04. The van der Waals surface area contributed by atoms with Gasteiger partial charge in [0.2, 0.25) is 0 Å². The lowest BCUT2D eigenvalue weighted by atomic mass is 10.1. The van der Waals surface area contributed by atoms with Crippen LogP contribution in [-0.4, -0.2) is 14.5 Å². The molecule has 0 aliphatic rings. The van der Waals surface area contributed by atoms with Crippen molar-refractivity contribution in [2.75, 3.05) is 0 Å². The van der Waals surface area contributed by atoms with Crippen LogP contribution < -0.4 is 0 Å². The zero-order valence-electron chi connectivity index (χ0n) is 11.1. The van der Waals surface area contributed by atoms with Crippen LogP contribution in [-0.2, 0) is 13.0 Å². The van der Waals surface area contributed by atoms with E-state index in [0.29, 0.717) is 0 Å². The molecule has 0 saturated heterocycles. The molecule has 0 fully saturated rings. The van der Waals surface area contributed by atoms with Gasteiger partial charge in [0.1, 0.15) is 5.82 Å². The molecule has 3 nitrogen and oxygen atoms in total. The summed E-state index contributed by atoms with van der Waals surface area (Å²) in [4.78, 5) is 8.56. The highest BCUT2D eigenvalue weighted by Gasteiger charge is 2.03. The Labute approximate surface area is 112 Å². The van der Waals surface area contributed by atoms with Gasteiger partial charge in [-0.2, -0.15) is 0 Å². The van der Waals surface area contributed by atoms with E-state index >= 15 is 0 Å². The maximum Gasteiger partial charge on any atom is 0.108 e. The van der Waals surface area contributed by atoms with Crippen molar-refractivity contribution in [3.63, 3.8) is 0 Å². The molecule has 0 radical (unpaired) electrons. The van der Waals surface area contributed by atoms with Gasteiger partial charge in [-0.1, -0.05) is 19.1 Å². The van der Waals surface area contributed by atoms with E-state index in [1.807, 2.05) is 18.6 Å². The van der Waals surface area contributed by atoms with Gasteiger partial charge >= 0.3 is 0 Å². The van der Waals surface area contributed by atoms with Gasteiger partial charge < -0.3 is 4.57 Å². The molecule has 2 heterocycles. The Morgan fingerprint density at radius 2 is 2.05 bits per heavy atom. The van der Waals surface area contributed by atoms with Crippen molar-refractivity contribution < 1.29 is 0 Å². The van der Waals surface area contributed by atoms with E-state index < -0.39 is 0 Å². The van der Waals surface area contributed by atoms with Crippen molar-refractivity contribution in [1.29, 1.82) is 0 Å². The number of fused-ring (bicyclic) bond motifs is 1. The Morgan fingerprint density at radius 1 is 1.11 bits per heavy atom. The van der Waals surface area contributed by atoms with Crippen LogP contribution in [0.2, 0.25) is 0 Å². The number of rotatable bonds is 4. The second-order valence-electron chi connectivity index (χ2n) is 4.78. The molecule has 96 valence electrons. The van der Waals surface area contributed by atoms with Gasteiger partial charge in [-0.3, -0.25) is 4.98 Å². The highest BCUT2D eigenvalue weighted by Crippen LogP contribution is 2.16. The van der Waals surface area contributed by atoms with Crippen LogP contribution in [0, 0.1) is 0 Å². The van der Waals surface area contributed by atoms with Gasteiger partial charge in [0, 0.05) is 43.1 Å². The lowest BCUT2D eigenvalue weighted by Gasteiger charge is -2.08. The van der Waals surface area contributed by atoms with Crippen LogP contribution in [0.15, 0.2) is 49.1 Å². The second-order valence-corrected chi connectivity index (χ2v) is 4.78. The van der Waals surface area contributed by atoms with Crippen LogP contribution in [0.25, 0.3) is 10.8 Å². The van der Waals surface area contributed by atoms with Gasteiger partial charge in [-0.15, -0.1) is 0 Å². The molecule has 0 saturated carbocycles. The quantitative estimate of drug-likeness (QED) is 0.711. The number of pyridine rings is 1. The zero-order chi connectivity index (χ0) is 13.1. The summed E-state index contributed by atoms with van der Waals surface area (Å²) in [6, 6.07) is 8.58. The topological polar surface area (TPSA) is 30.7 Å². The van der Waals surface area contributed by atoms with E-state index in [-0.39, 0.29) is 0 Å². The van der Waals surface area contributed by atoms with Gasteiger partial charge in [0.15, 0.2) is 0 Å². The van der Waals surface area contributed by atoms with Gasteiger partial charge in [-0.25, -0.2) is 4.98 Å². The van der Waals surface area contributed by atoms with Crippen molar-refractivity contribution in [1.82, 2.24) is 14.5 Å². The van der Waals surface area contributed by atoms with Gasteiger partial charge in [0.05, 0.1) is 0 Å². The zero-order valence-corrected chi connectivity index (χ0v) is 11.1. The van der Waals surface area contributed by atoms with Crippen molar-refractivity contribution in [3.05, 3.63) is 60.4 Å². The monoisotopic (exact) mass is 251 g/mol. The Morgan fingerprint density at radius 3 is 2.95 bits per heavy atom. The van der Waals surface area contributed by atoms with Crippen molar-refractivity contribution in [2.24, 2.45) is 0 Å². The molecule has 0 aliphatic carbocycles. The highest BCUT2D eigenvalue weighted by atomic mass is 15.1. The fraction of sp³-hybridized carbons (Fsp3) is 0.250. The minimum absolute atomic E-state index is 0.883. The fourth-order valence-electron chi connectivity index (χ4n) is 2.36. The molecular formula is C16H17N3. The SMILES string of the molecule is CCCc1nccn1Cc1ccc2cnccc2c1. The number of nitrogens with zero attached hydrogens (tertiary/aromatic N) is 3. The predicted octanol–water partition coefficient (Wildman–Crippen LogP) is 3.43.